The van der Waals surface area contributed by atoms with Gasteiger partial charge in [0.25, 0.3) is 0 Å². The van der Waals surface area contributed by atoms with Gasteiger partial charge in [-0.05, 0) is 37.9 Å². The lowest BCUT2D eigenvalue weighted by atomic mass is 10.2. The standard InChI is InChI=1S/C6H13NO2S2.C5H11N/c8-6(9)7-11-5-3-1-2-4-10;1-2-4-6-5-3-1/h7,10H,1-5H2,(H,8,9);6H,1-5H2. The Morgan fingerprint density at radius 1 is 1.24 bits per heavy atom. The largest absolute Gasteiger partial charge is 0.529 e. The van der Waals surface area contributed by atoms with Gasteiger partial charge in [0.15, 0.2) is 0 Å². The Morgan fingerprint density at radius 2 is 1.94 bits per heavy atom. The Hall–Kier alpha value is -0.0700. The van der Waals surface area contributed by atoms with Crippen LogP contribution in [0, 0.1) is 0 Å². The van der Waals surface area contributed by atoms with Crippen LogP contribution in [0.5, 0.6) is 0 Å². The van der Waals surface area contributed by atoms with E-state index < -0.39 is 6.09 Å². The summed E-state index contributed by atoms with van der Waals surface area (Å²) in [4.78, 5) is 9.83. The molecule has 1 rings (SSSR count). The lowest BCUT2D eigenvalue weighted by Crippen LogP contribution is -2.85. The van der Waals surface area contributed by atoms with E-state index in [1.54, 1.807) is 0 Å². The average molecular weight is 280 g/mol. The van der Waals surface area contributed by atoms with Crippen molar-refractivity contribution in [2.75, 3.05) is 24.6 Å². The summed E-state index contributed by atoms with van der Waals surface area (Å²) in [6, 6.07) is 0. The summed E-state index contributed by atoms with van der Waals surface area (Å²) < 4.78 is 2.13. The highest BCUT2D eigenvalue weighted by molar-refractivity contribution is 7.97. The second-order valence-corrected chi connectivity index (χ2v) is 5.30. The Bertz CT molecular complexity index is 167. The molecule has 0 unspecified atom stereocenters. The highest BCUT2D eigenvalue weighted by atomic mass is 32.2. The number of piperidine rings is 1. The van der Waals surface area contributed by atoms with E-state index in [9.17, 15) is 9.90 Å². The Balaban J connectivity index is 0.000000354. The molecule has 17 heavy (non-hydrogen) atoms. The van der Waals surface area contributed by atoms with Crippen molar-refractivity contribution < 1.29 is 15.2 Å². The molecule has 0 saturated carbocycles. The van der Waals surface area contributed by atoms with Crippen molar-refractivity contribution in [2.45, 2.75) is 38.5 Å². The first kappa shape index (κ1) is 16.9. The predicted octanol–water partition coefficient (Wildman–Crippen LogP) is 0.401. The molecule has 4 nitrogen and oxygen atoms in total. The molecule has 0 spiro atoms. The summed E-state index contributed by atoms with van der Waals surface area (Å²) in [6.45, 7) is 2.75. The summed E-state index contributed by atoms with van der Waals surface area (Å²) in [5, 5.41) is 12.2. The average Bonchev–Trinajstić information content (AvgIpc) is 2.36. The number of amides is 1. The number of carboxylic acid groups (broad SMARTS) is 1. The molecule has 6 heteroatoms. The van der Waals surface area contributed by atoms with Crippen LogP contribution < -0.4 is 15.1 Å². The number of thiol groups is 1. The normalized spacial score (nSPS) is 14.6. The van der Waals surface area contributed by atoms with Gasteiger partial charge in [0.05, 0.1) is 13.1 Å². The Labute approximate surface area is 114 Å². The lowest BCUT2D eigenvalue weighted by Gasteiger charge is -2.05. The van der Waals surface area contributed by atoms with Crippen LogP contribution in [0.15, 0.2) is 0 Å². The molecule has 102 valence electrons. The molecule has 0 bridgehead atoms. The van der Waals surface area contributed by atoms with Gasteiger partial charge < -0.3 is 19.9 Å². The summed E-state index contributed by atoms with van der Waals surface area (Å²) in [5.41, 5.74) is 0. The maximum absolute atomic E-state index is 9.83. The zero-order chi connectivity index (χ0) is 12.8. The molecular formula is C11H24N2O2S2. The van der Waals surface area contributed by atoms with Gasteiger partial charge >= 0.3 is 0 Å². The van der Waals surface area contributed by atoms with E-state index in [4.69, 9.17) is 0 Å². The number of carbonyl (C=O) groups is 1. The Morgan fingerprint density at radius 3 is 2.35 bits per heavy atom. The first-order valence-corrected chi connectivity index (χ1v) is 7.90. The van der Waals surface area contributed by atoms with Gasteiger partial charge in [0, 0.05) is 5.75 Å². The van der Waals surface area contributed by atoms with Crippen molar-refractivity contribution in [3.63, 3.8) is 0 Å². The number of unbranched alkanes of at least 4 members (excludes halogenated alkanes) is 2. The van der Waals surface area contributed by atoms with E-state index >= 15 is 0 Å². The number of nitrogens with two attached hydrogens (primary N) is 1. The van der Waals surface area contributed by atoms with Crippen LogP contribution in [-0.2, 0) is 0 Å². The molecule has 0 radical (unpaired) electrons. The van der Waals surface area contributed by atoms with E-state index in [2.05, 4.69) is 22.7 Å². The predicted molar refractivity (Wildman–Crippen MR) is 74.2 cm³/mol. The van der Waals surface area contributed by atoms with Gasteiger partial charge in [0.2, 0.25) is 0 Å². The van der Waals surface area contributed by atoms with Crippen molar-refractivity contribution in [2.24, 2.45) is 0 Å². The minimum Gasteiger partial charge on any atom is -0.529 e. The van der Waals surface area contributed by atoms with Gasteiger partial charge in [-0.15, -0.1) is 0 Å². The maximum atomic E-state index is 9.83. The highest BCUT2D eigenvalue weighted by Gasteiger charge is 1.97. The number of quaternary nitrogens is 1. The molecule has 1 fully saturated rings. The number of hydrogen-bond donors (Lipinski definition) is 3. The quantitative estimate of drug-likeness (QED) is 0.375. The van der Waals surface area contributed by atoms with Crippen molar-refractivity contribution >= 4 is 30.7 Å². The first-order valence-electron chi connectivity index (χ1n) is 6.28. The van der Waals surface area contributed by atoms with Crippen LogP contribution in [0.1, 0.15) is 38.5 Å². The van der Waals surface area contributed by atoms with Crippen molar-refractivity contribution in [3.8, 4) is 0 Å². The number of hydrogen-bond acceptors (Lipinski definition) is 4. The lowest BCUT2D eigenvalue weighted by molar-refractivity contribution is -0.662. The molecule has 0 aromatic rings. The van der Waals surface area contributed by atoms with Gasteiger partial charge in [0.1, 0.15) is 6.09 Å². The topological polar surface area (TPSA) is 68.8 Å². The summed E-state index contributed by atoms with van der Waals surface area (Å²) in [5.74, 6) is 1.71. The second-order valence-electron chi connectivity index (χ2n) is 3.95. The molecule has 0 aliphatic carbocycles. The van der Waals surface area contributed by atoms with Crippen LogP contribution in [-0.4, -0.2) is 30.7 Å². The van der Waals surface area contributed by atoms with Crippen LogP contribution in [0.2, 0.25) is 0 Å². The molecule has 1 aliphatic rings. The van der Waals surface area contributed by atoms with Crippen LogP contribution in [0.3, 0.4) is 0 Å². The van der Waals surface area contributed by atoms with Gasteiger partial charge in [-0.25, -0.2) is 0 Å². The first-order chi connectivity index (χ1) is 8.27. The minimum atomic E-state index is -1.22. The van der Waals surface area contributed by atoms with Gasteiger partial charge in [-0.2, -0.15) is 12.6 Å². The zero-order valence-corrected chi connectivity index (χ0v) is 12.0. The van der Waals surface area contributed by atoms with Gasteiger partial charge in [-0.3, -0.25) is 0 Å². The van der Waals surface area contributed by atoms with Crippen LogP contribution >= 0.6 is 24.6 Å². The summed E-state index contributed by atoms with van der Waals surface area (Å²) in [7, 11) is 0. The second kappa shape index (κ2) is 14.0. The third-order valence-corrected chi connectivity index (χ3v) is 3.50. The fraction of sp³-hybridized carbons (Fsp3) is 0.909. The third-order valence-electron chi connectivity index (χ3n) is 2.38. The number of carbonyl (C=O) groups excluding carboxylic acids is 1. The summed E-state index contributed by atoms with van der Waals surface area (Å²) >= 11 is 5.23. The fourth-order valence-corrected chi connectivity index (χ4v) is 2.26. The van der Waals surface area contributed by atoms with Crippen LogP contribution in [0.25, 0.3) is 0 Å². The number of nitrogens with one attached hydrogen (secondary N) is 1. The zero-order valence-electron chi connectivity index (χ0n) is 10.3. The molecule has 0 aromatic heterocycles. The maximum Gasteiger partial charge on any atom is 0.144 e. The Kier molecular flexibility index (Phi) is 13.9. The molecule has 1 amide bonds. The monoisotopic (exact) mass is 280 g/mol. The molecule has 1 heterocycles. The fourth-order valence-electron chi connectivity index (χ4n) is 1.47. The minimum absolute atomic E-state index is 0.807. The molecule has 1 aliphatic heterocycles. The van der Waals surface area contributed by atoms with E-state index in [0.717, 1.165) is 30.8 Å². The van der Waals surface area contributed by atoms with Gasteiger partial charge in [-0.1, -0.05) is 18.4 Å². The van der Waals surface area contributed by atoms with Crippen molar-refractivity contribution in [1.29, 1.82) is 0 Å². The van der Waals surface area contributed by atoms with E-state index in [1.807, 2.05) is 0 Å². The molecule has 3 N–H and O–H groups in total. The van der Waals surface area contributed by atoms with E-state index in [0.29, 0.717) is 0 Å². The van der Waals surface area contributed by atoms with Crippen molar-refractivity contribution in [3.05, 3.63) is 0 Å². The van der Waals surface area contributed by atoms with E-state index in [-0.39, 0.29) is 0 Å². The highest BCUT2D eigenvalue weighted by Crippen LogP contribution is 2.02. The molecule has 0 atom stereocenters. The SMILES string of the molecule is C1CC[NH2+]CC1.O=C([O-])NSCCCCCS. The van der Waals surface area contributed by atoms with Crippen molar-refractivity contribution in [1.82, 2.24) is 4.72 Å². The summed E-state index contributed by atoms with van der Waals surface area (Å²) in [6.07, 6.45) is 6.35. The smallest absolute Gasteiger partial charge is 0.144 e. The number of rotatable bonds is 6. The van der Waals surface area contributed by atoms with E-state index in [1.165, 1.54) is 44.3 Å². The third kappa shape index (κ3) is 15.9. The molecular weight excluding hydrogens is 256 g/mol. The molecule has 0 aromatic carbocycles. The molecule has 1 saturated heterocycles. The van der Waals surface area contributed by atoms with Crippen LogP contribution in [0.4, 0.5) is 4.79 Å².